The number of hydrogen-bond donors (Lipinski definition) is 0. The first-order valence-corrected chi connectivity index (χ1v) is 4.86. The van der Waals surface area contributed by atoms with Crippen molar-refractivity contribution in [2.45, 2.75) is 26.7 Å². The lowest BCUT2D eigenvalue weighted by molar-refractivity contribution is 0.586. The van der Waals surface area contributed by atoms with Crippen molar-refractivity contribution in [1.29, 1.82) is 0 Å². The van der Waals surface area contributed by atoms with Gasteiger partial charge in [0, 0.05) is 12.3 Å². The summed E-state index contributed by atoms with van der Waals surface area (Å²) in [6.45, 7) is 4.10. The number of rotatable bonds is 4. The molecule has 1 atom stereocenters. The predicted octanol–water partition coefficient (Wildman–Crippen LogP) is 2.63. The van der Waals surface area contributed by atoms with Crippen molar-refractivity contribution in [3.63, 3.8) is 0 Å². The van der Waals surface area contributed by atoms with E-state index in [-0.39, 0.29) is 0 Å². The summed E-state index contributed by atoms with van der Waals surface area (Å²) in [6, 6.07) is 0. The SMILES string of the molecule is CCCC[P](=O)CC. The standard InChI is InChI=1S/C6H14OP/c1-3-5-6-8(7)4-2/h3-6H2,1-2H3. The second-order valence-electron chi connectivity index (χ2n) is 1.88. The van der Waals surface area contributed by atoms with Crippen LogP contribution in [0.1, 0.15) is 26.7 Å². The van der Waals surface area contributed by atoms with Crippen molar-refractivity contribution in [2.75, 3.05) is 12.3 Å². The highest BCUT2D eigenvalue weighted by Crippen LogP contribution is 2.20. The summed E-state index contributed by atoms with van der Waals surface area (Å²) in [5, 5.41) is 0. The Kier molecular flexibility index (Phi) is 5.31. The van der Waals surface area contributed by atoms with Gasteiger partial charge in [0.15, 0.2) is 0 Å². The van der Waals surface area contributed by atoms with Crippen LogP contribution in [0.5, 0.6) is 0 Å². The molecule has 0 aromatic heterocycles. The van der Waals surface area contributed by atoms with Gasteiger partial charge in [-0.05, 0) is 6.42 Å². The van der Waals surface area contributed by atoms with E-state index in [0.717, 1.165) is 18.7 Å². The molecule has 0 aliphatic rings. The van der Waals surface area contributed by atoms with Crippen LogP contribution in [0.4, 0.5) is 0 Å². The Balaban J connectivity index is 2.99. The third-order valence-electron chi connectivity index (χ3n) is 1.11. The van der Waals surface area contributed by atoms with Crippen molar-refractivity contribution in [2.24, 2.45) is 0 Å². The average molecular weight is 133 g/mol. The van der Waals surface area contributed by atoms with Crippen molar-refractivity contribution in [3.8, 4) is 0 Å². The van der Waals surface area contributed by atoms with Crippen molar-refractivity contribution < 1.29 is 4.57 Å². The second kappa shape index (κ2) is 5.24. The van der Waals surface area contributed by atoms with Gasteiger partial charge in [-0.25, -0.2) is 0 Å². The molecule has 1 unspecified atom stereocenters. The fourth-order valence-corrected chi connectivity index (χ4v) is 1.48. The van der Waals surface area contributed by atoms with Gasteiger partial charge in [0.2, 0.25) is 0 Å². The Morgan fingerprint density at radius 1 is 1.38 bits per heavy atom. The van der Waals surface area contributed by atoms with Gasteiger partial charge in [0.05, 0.1) is 7.80 Å². The van der Waals surface area contributed by atoms with E-state index in [4.69, 9.17) is 0 Å². The molecule has 0 spiro atoms. The van der Waals surface area contributed by atoms with Crippen LogP contribution in [0.25, 0.3) is 0 Å². The van der Waals surface area contributed by atoms with Gasteiger partial charge >= 0.3 is 0 Å². The van der Waals surface area contributed by atoms with E-state index in [1.165, 1.54) is 6.42 Å². The lowest BCUT2D eigenvalue weighted by atomic mass is 10.4. The summed E-state index contributed by atoms with van der Waals surface area (Å²) in [7, 11) is -0.834. The maximum atomic E-state index is 10.7. The summed E-state index contributed by atoms with van der Waals surface area (Å²) in [5.74, 6) is 0. The summed E-state index contributed by atoms with van der Waals surface area (Å²) < 4.78 is 10.7. The molecule has 0 saturated heterocycles. The van der Waals surface area contributed by atoms with Crippen LogP contribution in [0.2, 0.25) is 0 Å². The van der Waals surface area contributed by atoms with Crippen LogP contribution < -0.4 is 0 Å². The first kappa shape index (κ1) is 8.10. The minimum absolute atomic E-state index is 0.834. The van der Waals surface area contributed by atoms with E-state index in [2.05, 4.69) is 6.92 Å². The molecule has 1 radical (unpaired) electrons. The Labute approximate surface area is 52.3 Å². The zero-order valence-electron chi connectivity index (χ0n) is 5.68. The monoisotopic (exact) mass is 133 g/mol. The van der Waals surface area contributed by atoms with E-state index in [1.54, 1.807) is 0 Å². The lowest BCUT2D eigenvalue weighted by Crippen LogP contribution is -1.77. The van der Waals surface area contributed by atoms with Gasteiger partial charge in [-0.15, -0.1) is 0 Å². The third kappa shape index (κ3) is 4.26. The van der Waals surface area contributed by atoms with E-state index >= 15 is 0 Å². The first-order chi connectivity index (χ1) is 3.81. The Morgan fingerprint density at radius 3 is 2.38 bits per heavy atom. The Morgan fingerprint density at radius 2 is 2.00 bits per heavy atom. The summed E-state index contributed by atoms with van der Waals surface area (Å²) in [6.07, 6.45) is 4.09. The van der Waals surface area contributed by atoms with Crippen molar-refractivity contribution in [3.05, 3.63) is 0 Å². The predicted molar refractivity (Wildman–Crippen MR) is 37.9 cm³/mol. The molecule has 49 valence electrons. The van der Waals surface area contributed by atoms with Crippen molar-refractivity contribution >= 4 is 7.80 Å². The molecule has 0 heterocycles. The normalized spacial score (nSPS) is 11.5. The van der Waals surface area contributed by atoms with Gasteiger partial charge in [0.25, 0.3) is 0 Å². The highest BCUT2D eigenvalue weighted by molar-refractivity contribution is 7.44. The molecule has 0 saturated carbocycles. The molecule has 0 amide bonds. The summed E-state index contributed by atoms with van der Waals surface area (Å²) >= 11 is 0. The van der Waals surface area contributed by atoms with Crippen LogP contribution in [-0.4, -0.2) is 12.3 Å². The molecular formula is C6H14OP. The first-order valence-electron chi connectivity index (χ1n) is 3.23. The highest BCUT2D eigenvalue weighted by atomic mass is 31.1. The molecule has 1 nitrogen and oxygen atoms in total. The topological polar surface area (TPSA) is 17.1 Å². The van der Waals surface area contributed by atoms with Gasteiger partial charge in [-0.2, -0.15) is 0 Å². The average Bonchev–Trinajstić information content (AvgIpc) is 1.83. The minimum atomic E-state index is -0.834. The van der Waals surface area contributed by atoms with Crippen LogP contribution in [0.15, 0.2) is 0 Å². The molecule has 0 N–H and O–H groups in total. The maximum absolute atomic E-state index is 10.7. The molecule has 8 heavy (non-hydrogen) atoms. The largest absolute Gasteiger partial charge is 0.287 e. The fourth-order valence-electron chi connectivity index (χ4n) is 0.493. The molecule has 0 bridgehead atoms. The molecule has 0 fully saturated rings. The lowest BCUT2D eigenvalue weighted by Gasteiger charge is -1.92. The van der Waals surface area contributed by atoms with Gasteiger partial charge in [-0.1, -0.05) is 20.3 Å². The molecule has 0 rings (SSSR count). The van der Waals surface area contributed by atoms with E-state index < -0.39 is 7.80 Å². The highest BCUT2D eigenvalue weighted by Gasteiger charge is 1.92. The van der Waals surface area contributed by atoms with Crippen LogP contribution in [0, 0.1) is 0 Å². The van der Waals surface area contributed by atoms with Crippen LogP contribution >= 0.6 is 7.80 Å². The minimum Gasteiger partial charge on any atom is -0.287 e. The van der Waals surface area contributed by atoms with E-state index in [9.17, 15) is 4.57 Å². The van der Waals surface area contributed by atoms with Crippen molar-refractivity contribution in [1.82, 2.24) is 0 Å². The van der Waals surface area contributed by atoms with E-state index in [1.807, 2.05) is 6.92 Å². The molecule has 0 aliphatic heterocycles. The number of hydrogen-bond acceptors (Lipinski definition) is 1. The molecule has 0 aliphatic carbocycles. The van der Waals surface area contributed by atoms with Gasteiger partial charge in [0.1, 0.15) is 0 Å². The van der Waals surface area contributed by atoms with Gasteiger partial charge in [-0.3, -0.25) is 4.57 Å². The van der Waals surface area contributed by atoms with Crippen LogP contribution in [-0.2, 0) is 4.57 Å². The second-order valence-corrected chi connectivity index (χ2v) is 3.92. The van der Waals surface area contributed by atoms with Gasteiger partial charge < -0.3 is 0 Å². The summed E-state index contributed by atoms with van der Waals surface area (Å²) in [5.41, 5.74) is 0. The Hall–Kier alpha value is 0.100. The smallest absolute Gasteiger partial charge is 0.0715 e. The van der Waals surface area contributed by atoms with E-state index in [0.29, 0.717) is 0 Å². The van der Waals surface area contributed by atoms with Crippen LogP contribution in [0.3, 0.4) is 0 Å². The Bertz CT molecular complexity index is 70.9. The summed E-state index contributed by atoms with van der Waals surface area (Å²) in [4.78, 5) is 0. The molecule has 0 aromatic rings. The molecular weight excluding hydrogens is 119 g/mol. The zero-order valence-corrected chi connectivity index (χ0v) is 6.58. The number of unbranched alkanes of at least 4 members (excludes halogenated alkanes) is 1. The maximum Gasteiger partial charge on any atom is 0.0715 e. The molecule has 0 aromatic carbocycles. The molecule has 2 heteroatoms. The fraction of sp³-hybridized carbons (Fsp3) is 1.00. The zero-order chi connectivity index (χ0) is 6.41. The third-order valence-corrected chi connectivity index (χ3v) is 2.63. The quantitative estimate of drug-likeness (QED) is 0.539.